The molecule has 1 spiro atoms. The van der Waals surface area contributed by atoms with Gasteiger partial charge in [-0.3, -0.25) is 0 Å². The first-order valence-corrected chi connectivity index (χ1v) is 4.84. The molecule has 2 rings (SSSR count). The van der Waals surface area contributed by atoms with Gasteiger partial charge in [-0.05, 0) is 12.8 Å². The lowest BCUT2D eigenvalue weighted by molar-refractivity contribution is -0.299. The van der Waals surface area contributed by atoms with E-state index in [1.54, 1.807) is 0 Å². The fourth-order valence-electron chi connectivity index (χ4n) is 2.04. The molecular formula is C9H16O4. The number of ether oxygens (including phenoxy) is 2. The Morgan fingerprint density at radius 3 is 1.77 bits per heavy atom. The predicted octanol–water partition coefficient (Wildman–Crippen LogP) is 0.0253. The number of hydrogen-bond donors (Lipinski definition) is 2. The van der Waals surface area contributed by atoms with Crippen molar-refractivity contribution in [2.45, 2.75) is 43.7 Å². The lowest BCUT2D eigenvalue weighted by Crippen LogP contribution is -2.49. The third-order valence-corrected chi connectivity index (χ3v) is 2.73. The van der Waals surface area contributed by atoms with Crippen molar-refractivity contribution in [2.75, 3.05) is 13.2 Å². The van der Waals surface area contributed by atoms with Crippen molar-refractivity contribution in [3.05, 3.63) is 0 Å². The van der Waals surface area contributed by atoms with Crippen LogP contribution in [0.3, 0.4) is 0 Å². The molecule has 0 radical (unpaired) electrons. The number of aliphatic hydroxyl groups is 2. The van der Waals surface area contributed by atoms with E-state index in [4.69, 9.17) is 9.47 Å². The maximum atomic E-state index is 9.47. The zero-order chi connectivity index (χ0) is 9.31. The molecule has 0 aromatic heterocycles. The maximum absolute atomic E-state index is 9.47. The minimum absolute atomic E-state index is 0.348. The van der Waals surface area contributed by atoms with E-state index in [1.807, 2.05) is 0 Å². The van der Waals surface area contributed by atoms with Crippen LogP contribution in [0.2, 0.25) is 0 Å². The van der Waals surface area contributed by atoms with Crippen molar-refractivity contribution < 1.29 is 19.7 Å². The summed E-state index contributed by atoms with van der Waals surface area (Å²) >= 11 is 0. The molecule has 0 bridgehead atoms. The second-order valence-electron chi connectivity index (χ2n) is 3.90. The van der Waals surface area contributed by atoms with E-state index in [2.05, 4.69) is 0 Å². The molecular weight excluding hydrogens is 172 g/mol. The van der Waals surface area contributed by atoms with E-state index in [0.29, 0.717) is 38.9 Å². The lowest BCUT2D eigenvalue weighted by Gasteiger charge is -2.43. The van der Waals surface area contributed by atoms with Gasteiger partial charge in [-0.15, -0.1) is 0 Å². The van der Waals surface area contributed by atoms with Crippen molar-refractivity contribution in [3.63, 3.8) is 0 Å². The molecule has 2 aliphatic heterocycles. The van der Waals surface area contributed by atoms with E-state index in [0.717, 1.165) is 0 Å². The second kappa shape index (κ2) is 3.53. The highest BCUT2D eigenvalue weighted by molar-refractivity contribution is 4.84. The van der Waals surface area contributed by atoms with Gasteiger partial charge in [0.2, 0.25) is 0 Å². The van der Waals surface area contributed by atoms with Gasteiger partial charge in [0, 0.05) is 12.8 Å². The van der Waals surface area contributed by atoms with Crippen LogP contribution in [0.4, 0.5) is 0 Å². The number of rotatable bonds is 0. The molecule has 13 heavy (non-hydrogen) atoms. The summed E-state index contributed by atoms with van der Waals surface area (Å²) in [5.74, 6) is -0.699. The summed E-state index contributed by atoms with van der Waals surface area (Å²) < 4.78 is 11.0. The quantitative estimate of drug-likeness (QED) is 0.563. The van der Waals surface area contributed by atoms with Gasteiger partial charge in [0.1, 0.15) is 0 Å². The summed E-state index contributed by atoms with van der Waals surface area (Å²) in [5.41, 5.74) is 0. The molecule has 3 atom stereocenters. The van der Waals surface area contributed by atoms with E-state index in [9.17, 15) is 10.2 Å². The van der Waals surface area contributed by atoms with Crippen molar-refractivity contribution in [1.29, 1.82) is 0 Å². The summed E-state index contributed by atoms with van der Waals surface area (Å²) in [6, 6.07) is 0. The highest BCUT2D eigenvalue weighted by Crippen LogP contribution is 2.34. The third-order valence-electron chi connectivity index (χ3n) is 2.73. The first-order chi connectivity index (χ1) is 6.20. The number of hydrogen-bond acceptors (Lipinski definition) is 4. The van der Waals surface area contributed by atoms with Gasteiger partial charge < -0.3 is 19.7 Å². The Balaban J connectivity index is 2.00. The van der Waals surface area contributed by atoms with Gasteiger partial charge in [0.05, 0.1) is 25.4 Å². The van der Waals surface area contributed by atoms with E-state index < -0.39 is 5.79 Å². The third kappa shape index (κ3) is 2.02. The van der Waals surface area contributed by atoms with Gasteiger partial charge in [0.15, 0.2) is 5.79 Å². The molecule has 0 aliphatic carbocycles. The van der Waals surface area contributed by atoms with Crippen LogP contribution >= 0.6 is 0 Å². The predicted molar refractivity (Wildman–Crippen MR) is 45.1 cm³/mol. The topological polar surface area (TPSA) is 58.9 Å². The largest absolute Gasteiger partial charge is 0.393 e. The summed E-state index contributed by atoms with van der Waals surface area (Å²) in [6.07, 6.45) is 1.62. The zero-order valence-electron chi connectivity index (χ0n) is 7.61. The Morgan fingerprint density at radius 2 is 1.38 bits per heavy atom. The summed E-state index contributed by atoms with van der Waals surface area (Å²) in [6.45, 7) is 1.04. The van der Waals surface area contributed by atoms with Gasteiger partial charge in [-0.1, -0.05) is 0 Å². The average molecular weight is 188 g/mol. The van der Waals surface area contributed by atoms with E-state index in [1.165, 1.54) is 0 Å². The van der Waals surface area contributed by atoms with E-state index >= 15 is 0 Å². The van der Waals surface area contributed by atoms with Gasteiger partial charge in [-0.2, -0.15) is 0 Å². The molecule has 0 amide bonds. The van der Waals surface area contributed by atoms with Crippen molar-refractivity contribution >= 4 is 0 Å². The van der Waals surface area contributed by atoms with Crippen LogP contribution in [0.15, 0.2) is 0 Å². The molecule has 2 saturated heterocycles. The van der Waals surface area contributed by atoms with Crippen LogP contribution in [-0.2, 0) is 9.47 Å². The highest BCUT2D eigenvalue weighted by Gasteiger charge is 2.42. The highest BCUT2D eigenvalue weighted by atomic mass is 16.7. The molecule has 2 heterocycles. The first-order valence-electron chi connectivity index (χ1n) is 4.84. The van der Waals surface area contributed by atoms with Crippen molar-refractivity contribution in [2.24, 2.45) is 0 Å². The maximum Gasteiger partial charge on any atom is 0.173 e. The molecule has 4 heteroatoms. The Labute approximate surface area is 77.5 Å². The lowest BCUT2D eigenvalue weighted by atomic mass is 9.94. The number of aliphatic hydroxyl groups excluding tert-OH is 2. The summed E-state index contributed by atoms with van der Waals surface area (Å²) in [5, 5.41) is 18.9. The van der Waals surface area contributed by atoms with Crippen LogP contribution in [0.5, 0.6) is 0 Å². The second-order valence-corrected chi connectivity index (χ2v) is 3.90. The average Bonchev–Trinajstić information content (AvgIpc) is 2.02. The molecule has 0 aromatic carbocycles. The molecule has 2 fully saturated rings. The Morgan fingerprint density at radius 1 is 0.923 bits per heavy atom. The van der Waals surface area contributed by atoms with Gasteiger partial charge in [0.25, 0.3) is 0 Å². The molecule has 0 aromatic rings. The zero-order valence-corrected chi connectivity index (χ0v) is 7.61. The van der Waals surface area contributed by atoms with Crippen LogP contribution in [0, 0.1) is 0 Å². The normalized spacial score (nSPS) is 46.6. The van der Waals surface area contributed by atoms with Crippen LogP contribution < -0.4 is 0 Å². The fourth-order valence-corrected chi connectivity index (χ4v) is 2.04. The molecule has 4 nitrogen and oxygen atoms in total. The smallest absolute Gasteiger partial charge is 0.173 e. The van der Waals surface area contributed by atoms with Crippen molar-refractivity contribution in [3.8, 4) is 0 Å². The van der Waals surface area contributed by atoms with Gasteiger partial charge >= 0.3 is 0 Å². The summed E-state index contributed by atoms with van der Waals surface area (Å²) in [4.78, 5) is 0. The van der Waals surface area contributed by atoms with Crippen molar-refractivity contribution in [1.82, 2.24) is 0 Å². The van der Waals surface area contributed by atoms with Crippen LogP contribution in [-0.4, -0.2) is 41.4 Å². The first kappa shape index (κ1) is 9.40. The molecule has 2 N–H and O–H groups in total. The SMILES string of the molecule is OC1CCOC2(C1)C[C@H](O)CCO2. The minimum Gasteiger partial charge on any atom is -0.393 e. The van der Waals surface area contributed by atoms with E-state index in [-0.39, 0.29) is 12.2 Å². The standard InChI is InChI=1S/C9H16O4/c10-7-1-3-12-9(5-7)6-8(11)2-4-13-9/h7-8,10-11H,1-6H2/t7-,8?,9?/m1/s1. The Bertz CT molecular complexity index is 162. The molecule has 2 unspecified atom stereocenters. The van der Waals surface area contributed by atoms with Crippen LogP contribution in [0.25, 0.3) is 0 Å². The Kier molecular flexibility index (Phi) is 2.55. The van der Waals surface area contributed by atoms with Gasteiger partial charge in [-0.25, -0.2) is 0 Å². The monoisotopic (exact) mass is 188 g/mol. The molecule has 76 valence electrons. The molecule has 0 saturated carbocycles. The summed E-state index contributed by atoms with van der Waals surface area (Å²) in [7, 11) is 0. The Hall–Kier alpha value is -0.160. The minimum atomic E-state index is -0.699. The van der Waals surface area contributed by atoms with Crippen LogP contribution in [0.1, 0.15) is 25.7 Å². The fraction of sp³-hybridized carbons (Fsp3) is 1.00. The molecule has 2 aliphatic rings.